The highest BCUT2D eigenvalue weighted by Crippen LogP contribution is 2.28. The van der Waals surface area contributed by atoms with Crippen molar-refractivity contribution in [3.05, 3.63) is 18.4 Å². The van der Waals surface area contributed by atoms with E-state index >= 15 is 0 Å². The predicted octanol–water partition coefficient (Wildman–Crippen LogP) is 2.14. The van der Waals surface area contributed by atoms with Gasteiger partial charge in [0, 0.05) is 6.07 Å². The third-order valence-electron chi connectivity index (χ3n) is 3.63. The first-order valence-corrected chi connectivity index (χ1v) is 7.41. The van der Waals surface area contributed by atoms with E-state index in [0.29, 0.717) is 18.2 Å². The predicted molar refractivity (Wildman–Crippen MR) is 81.6 cm³/mol. The number of nitrogens with two attached hydrogens (primary N) is 1. The fourth-order valence-corrected chi connectivity index (χ4v) is 2.34. The molecule has 0 radical (unpaired) electrons. The molecule has 7 heteroatoms. The zero-order valence-electron chi connectivity index (χ0n) is 12.7. The molecule has 0 unspecified atom stereocenters. The zero-order valence-corrected chi connectivity index (χ0v) is 12.7. The van der Waals surface area contributed by atoms with E-state index in [9.17, 15) is 9.59 Å². The van der Waals surface area contributed by atoms with Crippen LogP contribution in [0, 0.1) is 5.92 Å². The lowest BCUT2D eigenvalue weighted by Crippen LogP contribution is -2.31. The summed E-state index contributed by atoms with van der Waals surface area (Å²) < 4.78 is 4.88. The second-order valence-electron chi connectivity index (χ2n) is 5.51. The summed E-state index contributed by atoms with van der Waals surface area (Å²) in [6.07, 6.45) is 6.97. The second kappa shape index (κ2) is 9.09. The Morgan fingerprint density at radius 1 is 1.36 bits per heavy atom. The lowest BCUT2D eigenvalue weighted by Gasteiger charge is -2.11. The van der Waals surface area contributed by atoms with E-state index < -0.39 is 24.0 Å². The molecule has 5 N–H and O–H groups in total. The van der Waals surface area contributed by atoms with Crippen LogP contribution < -0.4 is 11.1 Å². The summed E-state index contributed by atoms with van der Waals surface area (Å²) in [6.45, 7) is 1.55. The molecule has 2 atom stereocenters. The minimum Gasteiger partial charge on any atom is -0.480 e. The van der Waals surface area contributed by atoms with E-state index in [4.69, 9.17) is 20.4 Å². The van der Waals surface area contributed by atoms with Crippen LogP contribution in [-0.2, 0) is 9.59 Å². The summed E-state index contributed by atoms with van der Waals surface area (Å²) in [5.74, 6) is -0.723. The molecule has 0 aromatic carbocycles. The van der Waals surface area contributed by atoms with Gasteiger partial charge in [0.05, 0.1) is 6.26 Å². The van der Waals surface area contributed by atoms with Crippen molar-refractivity contribution < 1.29 is 24.2 Å². The molecule has 0 bridgehead atoms. The summed E-state index contributed by atoms with van der Waals surface area (Å²) >= 11 is 0. The van der Waals surface area contributed by atoms with Gasteiger partial charge in [0.25, 0.3) is 0 Å². The van der Waals surface area contributed by atoms with E-state index in [0.717, 1.165) is 0 Å². The summed E-state index contributed by atoms with van der Waals surface area (Å²) in [5.41, 5.74) is 5.40. The van der Waals surface area contributed by atoms with E-state index in [2.05, 4.69) is 5.32 Å². The molecule has 1 aromatic rings. The van der Waals surface area contributed by atoms with Gasteiger partial charge in [-0.1, -0.05) is 25.7 Å². The van der Waals surface area contributed by atoms with E-state index in [1.807, 2.05) is 0 Å². The molecule has 0 aliphatic heterocycles. The fraction of sp³-hybridized carbons (Fsp3) is 0.600. The monoisotopic (exact) mass is 312 g/mol. The Kier molecular flexibility index (Phi) is 7.45. The highest BCUT2D eigenvalue weighted by atomic mass is 16.4. The first kappa shape index (κ1) is 18.0. The Morgan fingerprint density at radius 3 is 2.45 bits per heavy atom. The zero-order chi connectivity index (χ0) is 16.5. The summed E-state index contributed by atoms with van der Waals surface area (Å²) in [6, 6.07) is 2.09. The van der Waals surface area contributed by atoms with E-state index in [-0.39, 0.29) is 0 Å². The normalized spacial score (nSPS) is 17.2. The number of hydrogen-bond acceptors (Lipinski definition) is 5. The van der Waals surface area contributed by atoms with Gasteiger partial charge in [0.15, 0.2) is 5.88 Å². The molecule has 124 valence electrons. The number of carboxylic acids is 2. The van der Waals surface area contributed by atoms with Crippen molar-refractivity contribution in [2.45, 2.75) is 51.1 Å². The maximum absolute atomic E-state index is 10.4. The molecule has 7 nitrogen and oxygen atoms in total. The third-order valence-corrected chi connectivity index (χ3v) is 3.63. The molecule has 2 rings (SSSR count). The number of carbonyl (C=O) groups is 2. The molecule has 1 fully saturated rings. The largest absolute Gasteiger partial charge is 0.480 e. The number of hydrogen-bond donors (Lipinski definition) is 4. The van der Waals surface area contributed by atoms with Crippen molar-refractivity contribution in [1.82, 2.24) is 0 Å². The molecule has 0 saturated heterocycles. The Balaban J connectivity index is 0.000000220. The molecule has 0 spiro atoms. The Bertz CT molecular complexity index is 455. The molecule has 1 heterocycles. The van der Waals surface area contributed by atoms with Crippen molar-refractivity contribution in [1.29, 1.82) is 0 Å². The summed E-state index contributed by atoms with van der Waals surface area (Å²) in [4.78, 5) is 20.7. The van der Waals surface area contributed by atoms with Crippen LogP contribution >= 0.6 is 0 Å². The van der Waals surface area contributed by atoms with Gasteiger partial charge in [-0.25, -0.2) is 0 Å². The average molecular weight is 312 g/mol. The highest BCUT2D eigenvalue weighted by molar-refractivity contribution is 5.76. The van der Waals surface area contributed by atoms with E-state index in [1.165, 1.54) is 31.9 Å². The Hall–Kier alpha value is -2.02. The molecular formula is C15H24N2O5. The second-order valence-corrected chi connectivity index (χ2v) is 5.51. The molecule has 1 aromatic heterocycles. The van der Waals surface area contributed by atoms with Gasteiger partial charge in [-0.15, -0.1) is 0 Å². The lowest BCUT2D eigenvalue weighted by atomic mass is 9.99. The molecular weight excluding hydrogens is 288 g/mol. The smallest absolute Gasteiger partial charge is 0.325 e. The number of rotatable bonds is 6. The third kappa shape index (κ3) is 6.62. The van der Waals surface area contributed by atoms with Crippen LogP contribution in [0.2, 0.25) is 0 Å². The van der Waals surface area contributed by atoms with Crippen molar-refractivity contribution in [3.8, 4) is 0 Å². The number of nitrogens with one attached hydrogen (secondary N) is 1. The van der Waals surface area contributed by atoms with Crippen LogP contribution in [0.1, 0.15) is 39.0 Å². The highest BCUT2D eigenvalue weighted by Gasteiger charge is 2.21. The van der Waals surface area contributed by atoms with Crippen molar-refractivity contribution in [2.75, 3.05) is 5.32 Å². The SMILES string of the molecule is C[C@H](Nc1ccco1)C(=O)O.N[C@@H](CC1CCCC1)C(=O)O. The van der Waals surface area contributed by atoms with Gasteiger partial charge >= 0.3 is 11.9 Å². The number of carboxylic acid groups (broad SMARTS) is 2. The fourth-order valence-electron chi connectivity index (χ4n) is 2.34. The van der Waals surface area contributed by atoms with Gasteiger partial charge < -0.3 is 25.7 Å². The van der Waals surface area contributed by atoms with Crippen LogP contribution in [0.5, 0.6) is 0 Å². The van der Waals surface area contributed by atoms with Gasteiger partial charge in [0.1, 0.15) is 12.1 Å². The van der Waals surface area contributed by atoms with Crippen LogP contribution in [0.3, 0.4) is 0 Å². The van der Waals surface area contributed by atoms with Gasteiger partial charge in [0.2, 0.25) is 0 Å². The molecule has 0 amide bonds. The topological polar surface area (TPSA) is 126 Å². The summed E-state index contributed by atoms with van der Waals surface area (Å²) in [7, 11) is 0. The quantitative estimate of drug-likeness (QED) is 0.634. The number of furan rings is 1. The maximum Gasteiger partial charge on any atom is 0.325 e. The standard InChI is InChI=1S/C8H15NO2.C7H9NO3/c9-7(8(10)11)5-6-3-1-2-4-6;1-5(7(9)10)8-6-3-2-4-11-6/h6-7H,1-5,9H2,(H,10,11);2-5,8H,1H3,(H,9,10)/t7-;5-/m00/s1. The maximum atomic E-state index is 10.4. The lowest BCUT2D eigenvalue weighted by molar-refractivity contribution is -0.139. The van der Waals surface area contributed by atoms with E-state index in [1.54, 1.807) is 19.1 Å². The number of anilines is 1. The molecule has 22 heavy (non-hydrogen) atoms. The van der Waals surface area contributed by atoms with Crippen LogP contribution in [0.15, 0.2) is 22.8 Å². The molecule has 1 saturated carbocycles. The first-order valence-electron chi connectivity index (χ1n) is 7.41. The van der Waals surface area contributed by atoms with Crippen molar-refractivity contribution in [2.24, 2.45) is 11.7 Å². The van der Waals surface area contributed by atoms with Gasteiger partial charge in [-0.3, -0.25) is 9.59 Å². The Labute approximate surface area is 129 Å². The van der Waals surface area contributed by atoms with Crippen LogP contribution in [0.4, 0.5) is 5.88 Å². The van der Waals surface area contributed by atoms with Crippen LogP contribution in [0.25, 0.3) is 0 Å². The van der Waals surface area contributed by atoms with Crippen molar-refractivity contribution >= 4 is 17.8 Å². The van der Waals surface area contributed by atoms with Crippen LogP contribution in [-0.4, -0.2) is 34.2 Å². The number of aliphatic carboxylic acids is 2. The van der Waals surface area contributed by atoms with Crippen molar-refractivity contribution in [3.63, 3.8) is 0 Å². The molecule has 1 aliphatic rings. The van der Waals surface area contributed by atoms with Gasteiger partial charge in [-0.05, 0) is 25.3 Å². The summed E-state index contributed by atoms with van der Waals surface area (Å²) in [5, 5.41) is 19.6. The Morgan fingerprint density at radius 2 is 2.00 bits per heavy atom. The van der Waals surface area contributed by atoms with Gasteiger partial charge in [-0.2, -0.15) is 0 Å². The minimum absolute atomic E-state index is 0.472. The first-order chi connectivity index (χ1) is 10.4. The minimum atomic E-state index is -0.901. The average Bonchev–Trinajstić information content (AvgIpc) is 3.12. The molecule has 1 aliphatic carbocycles.